The minimum Gasteiger partial charge on any atom is -0.497 e. The summed E-state index contributed by atoms with van der Waals surface area (Å²) in [5.41, 5.74) is 7.24. The number of nitrogens with two attached hydrogens (primary N) is 1. The van der Waals surface area contributed by atoms with Crippen LogP contribution in [0.1, 0.15) is 41.6 Å². The first kappa shape index (κ1) is 30.5. The zero-order valence-electron chi connectivity index (χ0n) is 24.8. The van der Waals surface area contributed by atoms with Gasteiger partial charge >= 0.3 is 0 Å². The number of piperidine rings is 2. The largest absolute Gasteiger partial charge is 0.497 e. The van der Waals surface area contributed by atoms with Gasteiger partial charge < -0.3 is 29.7 Å². The average molecular weight is 624 g/mol. The smallest absolute Gasteiger partial charge is 0.255 e. The van der Waals surface area contributed by atoms with Crippen LogP contribution in [0.3, 0.4) is 0 Å². The Morgan fingerprint density at radius 2 is 1.48 bits per heavy atom. The van der Waals surface area contributed by atoms with Gasteiger partial charge in [-0.25, -0.2) is 12.8 Å². The molecule has 3 heterocycles. The van der Waals surface area contributed by atoms with Gasteiger partial charge in [0.1, 0.15) is 11.6 Å². The fourth-order valence-electron chi connectivity index (χ4n) is 6.80. The topological polar surface area (TPSA) is 111 Å². The fourth-order valence-corrected chi connectivity index (χ4v) is 8.06. The van der Waals surface area contributed by atoms with Gasteiger partial charge in [-0.2, -0.15) is 0 Å². The van der Waals surface area contributed by atoms with Gasteiger partial charge in [0.2, 0.25) is 9.84 Å². The van der Waals surface area contributed by atoms with Crippen molar-refractivity contribution in [3.63, 3.8) is 0 Å². The summed E-state index contributed by atoms with van der Waals surface area (Å²) in [6, 6.07) is 17.5. The molecule has 0 saturated carbocycles. The first-order chi connectivity index (χ1) is 21.2. The number of carbonyl (C=O) groups is 1. The fraction of sp³-hybridized carbons (Fsp3) is 0.424. The summed E-state index contributed by atoms with van der Waals surface area (Å²) in [5.74, 6) is -0.797. The molecule has 0 spiro atoms. The summed E-state index contributed by atoms with van der Waals surface area (Å²) >= 11 is 0. The Kier molecular flexibility index (Phi) is 8.65. The number of sulfone groups is 1. The lowest BCUT2D eigenvalue weighted by molar-refractivity contribution is -0.215. The number of rotatable bonds is 7. The van der Waals surface area contributed by atoms with Crippen molar-refractivity contribution < 1.29 is 31.8 Å². The van der Waals surface area contributed by atoms with Crippen LogP contribution < -0.4 is 10.5 Å². The van der Waals surface area contributed by atoms with E-state index in [4.69, 9.17) is 19.9 Å². The van der Waals surface area contributed by atoms with Crippen LogP contribution in [-0.2, 0) is 25.1 Å². The minimum atomic E-state index is -3.69. The lowest BCUT2D eigenvalue weighted by atomic mass is 9.83. The maximum Gasteiger partial charge on any atom is 0.255 e. The van der Waals surface area contributed by atoms with Crippen LogP contribution >= 0.6 is 0 Å². The molecule has 6 rings (SSSR count). The van der Waals surface area contributed by atoms with Crippen LogP contribution in [0.5, 0.6) is 5.75 Å². The Morgan fingerprint density at radius 1 is 0.886 bits per heavy atom. The number of halogens is 1. The van der Waals surface area contributed by atoms with Crippen LogP contribution in [0.2, 0.25) is 0 Å². The minimum absolute atomic E-state index is 0.119. The maximum atomic E-state index is 13.4. The van der Waals surface area contributed by atoms with Gasteiger partial charge in [-0.05, 0) is 93.4 Å². The van der Waals surface area contributed by atoms with Gasteiger partial charge in [0.05, 0.1) is 35.7 Å². The molecular weight excluding hydrogens is 585 g/mol. The number of carbonyl (C=O) groups excluding carboxylic acids is 1. The van der Waals surface area contributed by atoms with Gasteiger partial charge in [0.25, 0.3) is 5.91 Å². The van der Waals surface area contributed by atoms with E-state index in [0.29, 0.717) is 43.7 Å². The molecule has 2 N–H and O–H groups in total. The van der Waals surface area contributed by atoms with E-state index in [1.807, 2.05) is 12.1 Å². The van der Waals surface area contributed by atoms with Crippen molar-refractivity contribution >= 4 is 21.4 Å². The number of benzene rings is 3. The molecule has 3 saturated heterocycles. The van der Waals surface area contributed by atoms with E-state index >= 15 is 0 Å². The monoisotopic (exact) mass is 623 g/mol. The third kappa shape index (κ3) is 5.81. The summed E-state index contributed by atoms with van der Waals surface area (Å²) in [6.07, 6.45) is 3.47. The molecule has 0 bridgehead atoms. The SMILES string of the molecule is COc1ccc(S(=O)(=O)c2ccc(C3(C4CCN(C5CCN(C(=O)c6ccc(F)cc6N)CC5)CC4)OCCO3)cc2)cc1. The zero-order valence-corrected chi connectivity index (χ0v) is 25.6. The van der Waals surface area contributed by atoms with Gasteiger partial charge in [0.15, 0.2) is 5.79 Å². The summed E-state index contributed by atoms with van der Waals surface area (Å²) in [6.45, 7) is 3.98. The molecule has 0 atom stereocenters. The van der Waals surface area contributed by atoms with Crippen LogP contribution in [0.25, 0.3) is 0 Å². The molecule has 3 fully saturated rings. The number of nitrogen functional groups attached to an aromatic ring is 1. The van der Waals surface area contributed by atoms with E-state index < -0.39 is 21.4 Å². The number of anilines is 1. The molecule has 3 aromatic rings. The van der Waals surface area contributed by atoms with Gasteiger partial charge in [-0.3, -0.25) is 4.79 Å². The first-order valence-corrected chi connectivity index (χ1v) is 16.6. The van der Waals surface area contributed by atoms with Crippen molar-refractivity contribution in [3.8, 4) is 5.75 Å². The highest BCUT2D eigenvalue weighted by Gasteiger charge is 2.47. The number of ether oxygens (including phenoxy) is 3. The molecule has 0 radical (unpaired) electrons. The van der Waals surface area contributed by atoms with Gasteiger partial charge in [-0.1, -0.05) is 12.1 Å². The molecule has 0 unspecified atom stereocenters. The number of likely N-dealkylation sites (tertiary alicyclic amines) is 2. The number of amides is 1. The highest BCUT2D eigenvalue weighted by molar-refractivity contribution is 7.91. The van der Waals surface area contributed by atoms with Crippen molar-refractivity contribution in [2.24, 2.45) is 5.92 Å². The average Bonchev–Trinajstić information content (AvgIpc) is 3.56. The molecule has 234 valence electrons. The van der Waals surface area contributed by atoms with Crippen molar-refractivity contribution in [1.29, 1.82) is 0 Å². The third-order valence-electron chi connectivity index (χ3n) is 9.23. The molecular formula is C33H38FN3O6S. The Labute approximate surface area is 257 Å². The van der Waals surface area contributed by atoms with Crippen molar-refractivity contribution in [2.75, 3.05) is 52.2 Å². The number of nitrogens with zero attached hydrogens (tertiary/aromatic N) is 2. The van der Waals surface area contributed by atoms with Crippen molar-refractivity contribution in [1.82, 2.24) is 9.80 Å². The van der Waals surface area contributed by atoms with Gasteiger partial charge in [0, 0.05) is 36.3 Å². The molecule has 3 aliphatic heterocycles. The van der Waals surface area contributed by atoms with E-state index in [1.54, 1.807) is 41.3 Å². The molecule has 11 heteroatoms. The van der Waals surface area contributed by atoms with Crippen LogP contribution in [0.15, 0.2) is 76.5 Å². The van der Waals surface area contributed by atoms with E-state index in [2.05, 4.69) is 4.90 Å². The van der Waals surface area contributed by atoms with Crippen molar-refractivity contribution in [2.45, 2.75) is 47.3 Å². The Hall–Kier alpha value is -3.51. The summed E-state index contributed by atoms with van der Waals surface area (Å²) < 4.78 is 57.7. The van der Waals surface area contributed by atoms with Crippen LogP contribution in [-0.4, -0.2) is 76.7 Å². The third-order valence-corrected chi connectivity index (χ3v) is 11.0. The van der Waals surface area contributed by atoms with Gasteiger partial charge in [-0.15, -0.1) is 0 Å². The maximum absolute atomic E-state index is 13.4. The second kappa shape index (κ2) is 12.5. The lowest BCUT2D eigenvalue weighted by Gasteiger charge is -2.45. The number of hydrogen-bond donors (Lipinski definition) is 1. The molecule has 3 aromatic carbocycles. The number of methoxy groups -OCH3 is 1. The highest BCUT2D eigenvalue weighted by Crippen LogP contribution is 2.44. The molecule has 3 aliphatic rings. The van der Waals surface area contributed by atoms with E-state index in [9.17, 15) is 17.6 Å². The first-order valence-electron chi connectivity index (χ1n) is 15.1. The standard InChI is InChI=1S/C33H38FN3O6S/c1-41-27-5-9-29(10-6-27)44(39,40)28-7-2-23(3-8-28)33(42-20-21-43-33)24-12-16-36(17-13-24)26-14-18-37(19-15-26)32(38)30-11-4-25(34)22-31(30)35/h2-11,22,24,26H,12-21,35H2,1H3. The molecule has 9 nitrogen and oxygen atoms in total. The lowest BCUT2D eigenvalue weighted by Crippen LogP contribution is -2.51. The molecule has 1 amide bonds. The molecule has 0 aliphatic carbocycles. The normalized spacial score (nSPS) is 20.1. The second-order valence-corrected chi connectivity index (χ2v) is 13.6. The number of hydrogen-bond acceptors (Lipinski definition) is 8. The zero-order chi connectivity index (χ0) is 30.9. The predicted octanol–water partition coefficient (Wildman–Crippen LogP) is 4.47. The Bertz CT molecular complexity index is 1580. The molecule has 44 heavy (non-hydrogen) atoms. The quantitative estimate of drug-likeness (QED) is 0.384. The van der Waals surface area contributed by atoms with Crippen molar-refractivity contribution in [3.05, 3.63) is 83.7 Å². The van der Waals surface area contributed by atoms with E-state index in [0.717, 1.165) is 44.3 Å². The van der Waals surface area contributed by atoms with E-state index in [-0.39, 0.29) is 27.3 Å². The predicted molar refractivity (Wildman–Crippen MR) is 163 cm³/mol. The van der Waals surface area contributed by atoms with E-state index in [1.165, 1.54) is 25.3 Å². The second-order valence-electron chi connectivity index (χ2n) is 11.6. The van der Waals surface area contributed by atoms with Crippen LogP contribution in [0.4, 0.5) is 10.1 Å². The van der Waals surface area contributed by atoms with Crippen LogP contribution in [0, 0.1) is 11.7 Å². The Balaban J connectivity index is 1.08. The highest BCUT2D eigenvalue weighted by atomic mass is 32.2. The summed E-state index contributed by atoms with van der Waals surface area (Å²) in [7, 11) is -2.15. The molecule has 0 aromatic heterocycles. The summed E-state index contributed by atoms with van der Waals surface area (Å²) in [4.78, 5) is 17.7. The Morgan fingerprint density at radius 3 is 2.05 bits per heavy atom. The summed E-state index contributed by atoms with van der Waals surface area (Å²) in [5, 5.41) is 0.